The number of halogens is 6. The maximum Gasteiger partial charge on any atom is 0.416 e. The van der Waals surface area contributed by atoms with Gasteiger partial charge in [0.2, 0.25) is 5.91 Å². The smallest absolute Gasteiger partial charge is 0.329 e. The van der Waals surface area contributed by atoms with Crippen LogP contribution in [0.4, 0.5) is 26.3 Å². The summed E-state index contributed by atoms with van der Waals surface area (Å²) in [6.07, 6.45) is -2.13. The van der Waals surface area contributed by atoms with E-state index in [2.05, 4.69) is 10.1 Å². The van der Waals surface area contributed by atoms with Gasteiger partial charge in [-0.1, -0.05) is 0 Å². The quantitative estimate of drug-likeness (QED) is 0.614. The molecule has 1 aliphatic rings. The van der Waals surface area contributed by atoms with Crippen LogP contribution in [-0.4, -0.2) is 44.6 Å². The number of nitrogens with zero attached hydrogens (tertiary/aromatic N) is 4. The molecule has 3 heterocycles. The highest BCUT2D eigenvalue weighted by Crippen LogP contribution is 2.34. The van der Waals surface area contributed by atoms with Crippen molar-refractivity contribution in [1.29, 1.82) is 0 Å². The predicted molar refractivity (Wildman–Crippen MR) is 89.5 cm³/mol. The second kappa shape index (κ2) is 6.46. The fourth-order valence-electron chi connectivity index (χ4n) is 3.07. The summed E-state index contributed by atoms with van der Waals surface area (Å²) in [5.74, 6) is -4.36. The first kappa shape index (κ1) is 19.2. The van der Waals surface area contributed by atoms with Crippen LogP contribution in [0.25, 0.3) is 22.2 Å². The number of hydrogen-bond acceptors (Lipinski definition) is 3. The Morgan fingerprint density at radius 3 is 2.52 bits per heavy atom. The van der Waals surface area contributed by atoms with Gasteiger partial charge in [-0.3, -0.25) is 14.5 Å². The molecule has 0 saturated carbocycles. The normalized spacial score (nSPS) is 16.1. The van der Waals surface area contributed by atoms with Crippen LogP contribution < -0.4 is 0 Å². The number of rotatable bonds is 3. The average molecular weight is 414 g/mol. The minimum Gasteiger partial charge on any atom is -0.329 e. The summed E-state index contributed by atoms with van der Waals surface area (Å²) < 4.78 is 80.1. The van der Waals surface area contributed by atoms with E-state index in [1.807, 2.05) is 0 Å². The van der Waals surface area contributed by atoms with Gasteiger partial charge in [0.15, 0.2) is 0 Å². The van der Waals surface area contributed by atoms with Crippen molar-refractivity contribution in [2.24, 2.45) is 0 Å². The van der Waals surface area contributed by atoms with Crippen molar-refractivity contribution in [2.75, 3.05) is 13.1 Å². The number of pyridine rings is 1. The molecule has 1 aromatic carbocycles. The van der Waals surface area contributed by atoms with Crippen molar-refractivity contribution in [2.45, 2.75) is 18.6 Å². The molecule has 3 aromatic rings. The van der Waals surface area contributed by atoms with Gasteiger partial charge in [-0.25, -0.2) is 13.2 Å². The van der Waals surface area contributed by atoms with Crippen molar-refractivity contribution < 1.29 is 31.1 Å². The Hall–Kier alpha value is -3.11. The molecular formula is C18H12F6N4O. The Labute approximate surface area is 159 Å². The fourth-order valence-corrected chi connectivity index (χ4v) is 3.07. The Morgan fingerprint density at radius 1 is 1.14 bits per heavy atom. The number of amides is 1. The molecule has 0 radical (unpaired) electrons. The van der Waals surface area contributed by atoms with Gasteiger partial charge in [-0.05, 0) is 24.3 Å². The Kier molecular flexibility index (Phi) is 4.28. The molecule has 29 heavy (non-hydrogen) atoms. The number of likely N-dealkylation sites (tertiary alicyclic amines) is 1. The second-order valence-corrected chi connectivity index (χ2v) is 6.73. The fraction of sp³-hybridized carbons (Fsp3) is 0.278. The average Bonchev–Trinajstić information content (AvgIpc) is 3.01. The Morgan fingerprint density at radius 2 is 1.86 bits per heavy atom. The highest BCUT2D eigenvalue weighted by molar-refractivity contribution is 5.83. The van der Waals surface area contributed by atoms with Crippen LogP contribution in [0.5, 0.6) is 0 Å². The van der Waals surface area contributed by atoms with Gasteiger partial charge >= 0.3 is 6.18 Å². The lowest BCUT2D eigenvalue weighted by atomic mass is 10.0. The maximum atomic E-state index is 14.2. The molecule has 0 spiro atoms. The molecule has 1 amide bonds. The molecule has 4 rings (SSSR count). The van der Waals surface area contributed by atoms with Gasteiger partial charge in [0.25, 0.3) is 5.92 Å². The topological polar surface area (TPSA) is 51.0 Å². The van der Waals surface area contributed by atoms with Crippen LogP contribution in [0.2, 0.25) is 0 Å². The number of fused-ring (bicyclic) bond motifs is 1. The van der Waals surface area contributed by atoms with Gasteiger partial charge in [0.1, 0.15) is 17.9 Å². The summed E-state index contributed by atoms with van der Waals surface area (Å²) in [6.45, 7) is -1.70. The first-order chi connectivity index (χ1) is 13.5. The molecular weight excluding hydrogens is 402 g/mol. The van der Waals surface area contributed by atoms with E-state index < -0.39 is 42.5 Å². The van der Waals surface area contributed by atoms with E-state index in [1.165, 1.54) is 23.1 Å². The van der Waals surface area contributed by atoms with Crippen LogP contribution >= 0.6 is 0 Å². The Bertz CT molecular complexity index is 1100. The summed E-state index contributed by atoms with van der Waals surface area (Å²) >= 11 is 0. The number of aromatic nitrogens is 3. The van der Waals surface area contributed by atoms with E-state index in [9.17, 15) is 31.1 Å². The monoisotopic (exact) mass is 414 g/mol. The van der Waals surface area contributed by atoms with E-state index in [-0.39, 0.29) is 23.2 Å². The third-order valence-corrected chi connectivity index (χ3v) is 4.58. The SMILES string of the molecule is O=C(Cn1ncc2ncc(-c3cc(C(F)(F)F)ccc3F)cc21)N1CC(F)(F)C1. The van der Waals surface area contributed by atoms with Crippen molar-refractivity contribution in [3.8, 4) is 11.1 Å². The number of benzene rings is 1. The molecule has 0 atom stereocenters. The molecule has 1 aliphatic heterocycles. The lowest BCUT2D eigenvalue weighted by molar-refractivity contribution is -0.166. The summed E-state index contributed by atoms with van der Waals surface area (Å²) in [6, 6.07) is 3.38. The van der Waals surface area contributed by atoms with Crippen molar-refractivity contribution >= 4 is 16.9 Å². The molecule has 0 N–H and O–H groups in total. The molecule has 11 heteroatoms. The first-order valence-corrected chi connectivity index (χ1v) is 8.38. The van der Waals surface area contributed by atoms with E-state index in [1.54, 1.807) is 0 Å². The summed E-state index contributed by atoms with van der Waals surface area (Å²) in [5, 5.41) is 3.97. The van der Waals surface area contributed by atoms with E-state index >= 15 is 0 Å². The predicted octanol–water partition coefficient (Wildman–Crippen LogP) is 3.73. The summed E-state index contributed by atoms with van der Waals surface area (Å²) in [4.78, 5) is 17.1. The molecule has 2 aromatic heterocycles. The summed E-state index contributed by atoms with van der Waals surface area (Å²) in [5.41, 5.74) is -0.680. The zero-order valence-corrected chi connectivity index (χ0v) is 14.6. The molecule has 152 valence electrons. The third kappa shape index (κ3) is 3.64. The van der Waals surface area contributed by atoms with E-state index in [0.717, 1.165) is 4.90 Å². The lowest BCUT2D eigenvalue weighted by Gasteiger charge is -2.38. The second-order valence-electron chi connectivity index (χ2n) is 6.73. The molecule has 0 bridgehead atoms. The van der Waals surface area contributed by atoms with Crippen molar-refractivity contribution in [3.05, 3.63) is 48.0 Å². The van der Waals surface area contributed by atoms with Crippen molar-refractivity contribution in [1.82, 2.24) is 19.7 Å². The third-order valence-electron chi connectivity index (χ3n) is 4.58. The largest absolute Gasteiger partial charge is 0.416 e. The van der Waals surface area contributed by atoms with Crippen LogP contribution in [0.15, 0.2) is 36.7 Å². The van der Waals surface area contributed by atoms with E-state index in [0.29, 0.717) is 23.7 Å². The molecule has 1 fully saturated rings. The van der Waals surface area contributed by atoms with Gasteiger partial charge in [-0.2, -0.15) is 18.3 Å². The van der Waals surface area contributed by atoms with Gasteiger partial charge in [0, 0.05) is 17.3 Å². The summed E-state index contributed by atoms with van der Waals surface area (Å²) in [7, 11) is 0. The first-order valence-electron chi connectivity index (χ1n) is 8.38. The number of alkyl halides is 5. The highest BCUT2D eigenvalue weighted by atomic mass is 19.4. The number of carbonyl (C=O) groups excluding carboxylic acids is 1. The van der Waals surface area contributed by atoms with Gasteiger partial charge < -0.3 is 4.90 Å². The molecule has 1 saturated heterocycles. The molecule has 0 unspecified atom stereocenters. The minimum absolute atomic E-state index is 0.0609. The van der Waals surface area contributed by atoms with Gasteiger partial charge in [0.05, 0.1) is 30.4 Å². The molecule has 0 aliphatic carbocycles. The van der Waals surface area contributed by atoms with Gasteiger partial charge in [-0.15, -0.1) is 0 Å². The maximum absolute atomic E-state index is 14.2. The van der Waals surface area contributed by atoms with Crippen LogP contribution in [0.1, 0.15) is 5.56 Å². The highest BCUT2D eigenvalue weighted by Gasteiger charge is 2.46. The number of hydrogen-bond donors (Lipinski definition) is 0. The van der Waals surface area contributed by atoms with Crippen LogP contribution in [0, 0.1) is 5.82 Å². The van der Waals surface area contributed by atoms with Crippen LogP contribution in [-0.2, 0) is 17.5 Å². The Balaban J connectivity index is 1.67. The van der Waals surface area contributed by atoms with E-state index in [4.69, 9.17) is 0 Å². The lowest BCUT2D eigenvalue weighted by Crippen LogP contribution is -2.59. The van der Waals surface area contributed by atoms with Crippen molar-refractivity contribution in [3.63, 3.8) is 0 Å². The zero-order valence-electron chi connectivity index (χ0n) is 14.6. The minimum atomic E-state index is -4.65. The zero-order chi connectivity index (χ0) is 21.0. The standard InChI is InChI=1S/C18H12F6N4O/c19-13-2-1-11(18(22,23)24)4-12(13)10-3-15-14(25-5-10)6-26-28(15)7-16(29)27-8-17(20,21)9-27/h1-6H,7-9H2. The van der Waals surface area contributed by atoms with Crippen LogP contribution in [0.3, 0.4) is 0 Å². The number of carbonyl (C=O) groups is 1. The molecule has 5 nitrogen and oxygen atoms in total.